The number of benzene rings is 2. The number of aliphatic carboxylic acids is 1. The van der Waals surface area contributed by atoms with E-state index in [-0.39, 0.29) is 5.43 Å². The van der Waals surface area contributed by atoms with Gasteiger partial charge in [0.15, 0.2) is 11.0 Å². The Kier molecular flexibility index (Phi) is 3.85. The van der Waals surface area contributed by atoms with Crippen LogP contribution in [0, 0.1) is 0 Å². The van der Waals surface area contributed by atoms with Gasteiger partial charge in [0.1, 0.15) is 17.6 Å². The van der Waals surface area contributed by atoms with Gasteiger partial charge in [0.2, 0.25) is 0 Å². The number of carbonyl (C=O) groups is 1. The maximum Gasteiger partial charge on any atom is 0.347 e. The zero-order chi connectivity index (χ0) is 17.3. The fraction of sp³-hybridized carbons (Fsp3) is 0.158. The van der Waals surface area contributed by atoms with Crippen molar-refractivity contribution < 1.29 is 19.1 Å². The molecule has 0 aliphatic carbocycles. The first-order valence-corrected chi connectivity index (χ1v) is 7.42. The van der Waals surface area contributed by atoms with E-state index in [1.807, 2.05) is 30.3 Å². The molecule has 0 atom stereocenters. The number of carboxylic acids is 1. The highest BCUT2D eigenvalue weighted by Crippen LogP contribution is 2.25. The Morgan fingerprint density at radius 3 is 2.50 bits per heavy atom. The molecule has 0 fully saturated rings. The van der Waals surface area contributed by atoms with Crippen molar-refractivity contribution >= 4 is 16.9 Å². The molecule has 0 amide bonds. The lowest BCUT2D eigenvalue weighted by atomic mass is 10.1. The molecule has 5 nitrogen and oxygen atoms in total. The molecular weight excluding hydrogens is 308 g/mol. The molecule has 5 heteroatoms. The van der Waals surface area contributed by atoms with Gasteiger partial charge in [-0.1, -0.05) is 30.3 Å². The molecule has 0 spiro atoms. The molecule has 0 bridgehead atoms. The standard InChI is InChI=1S/C19H16O5/c1-19(2,18(21)22)24-13-8-9-14-16(10-13)23-11-15(17(14)20)12-6-4-3-5-7-12/h3-11H,1-2H3,(H,21,22). The summed E-state index contributed by atoms with van der Waals surface area (Å²) in [5.41, 5.74) is 0.0748. The molecule has 0 unspecified atom stereocenters. The van der Waals surface area contributed by atoms with Gasteiger partial charge in [-0.2, -0.15) is 0 Å². The van der Waals surface area contributed by atoms with Crippen molar-refractivity contribution in [3.05, 3.63) is 65.0 Å². The summed E-state index contributed by atoms with van der Waals surface area (Å²) in [6, 6.07) is 13.9. The second kappa shape index (κ2) is 5.85. The monoisotopic (exact) mass is 324 g/mol. The van der Waals surface area contributed by atoms with Crippen molar-refractivity contribution in [3.8, 4) is 16.9 Å². The maximum absolute atomic E-state index is 12.6. The van der Waals surface area contributed by atoms with Gasteiger partial charge >= 0.3 is 5.97 Å². The van der Waals surface area contributed by atoms with E-state index in [2.05, 4.69) is 0 Å². The molecule has 122 valence electrons. The van der Waals surface area contributed by atoms with E-state index in [0.29, 0.717) is 22.3 Å². The number of carboxylic acid groups (broad SMARTS) is 1. The van der Waals surface area contributed by atoms with Gasteiger partial charge in [0.05, 0.1) is 10.9 Å². The first-order valence-electron chi connectivity index (χ1n) is 7.42. The maximum atomic E-state index is 12.6. The van der Waals surface area contributed by atoms with Gasteiger partial charge in [0, 0.05) is 6.07 Å². The van der Waals surface area contributed by atoms with Crippen LogP contribution in [0.3, 0.4) is 0 Å². The summed E-state index contributed by atoms with van der Waals surface area (Å²) in [5, 5.41) is 9.54. The van der Waals surface area contributed by atoms with Crippen LogP contribution in [0.15, 0.2) is 64.0 Å². The molecule has 2 aromatic carbocycles. The van der Waals surface area contributed by atoms with E-state index >= 15 is 0 Å². The minimum atomic E-state index is -1.38. The molecule has 24 heavy (non-hydrogen) atoms. The fourth-order valence-electron chi connectivity index (χ4n) is 2.33. The Bertz CT molecular complexity index is 954. The Labute approximate surface area is 138 Å². The van der Waals surface area contributed by atoms with Gasteiger partial charge < -0.3 is 14.3 Å². The van der Waals surface area contributed by atoms with Crippen LogP contribution in [0.2, 0.25) is 0 Å². The molecule has 1 N–H and O–H groups in total. The highest BCUT2D eigenvalue weighted by Gasteiger charge is 2.29. The van der Waals surface area contributed by atoms with Crippen LogP contribution in [0.1, 0.15) is 13.8 Å². The lowest BCUT2D eigenvalue weighted by Crippen LogP contribution is -2.37. The van der Waals surface area contributed by atoms with Crippen LogP contribution in [-0.2, 0) is 4.79 Å². The van der Waals surface area contributed by atoms with Crippen LogP contribution < -0.4 is 10.2 Å². The molecule has 1 heterocycles. The lowest BCUT2D eigenvalue weighted by Gasteiger charge is -2.21. The van der Waals surface area contributed by atoms with Crippen molar-refractivity contribution in [3.63, 3.8) is 0 Å². The molecule has 0 radical (unpaired) electrons. The minimum absolute atomic E-state index is 0.147. The van der Waals surface area contributed by atoms with Gasteiger partial charge in [-0.3, -0.25) is 4.79 Å². The lowest BCUT2D eigenvalue weighted by molar-refractivity contribution is -0.152. The topological polar surface area (TPSA) is 76.7 Å². The highest BCUT2D eigenvalue weighted by molar-refractivity contribution is 5.83. The van der Waals surface area contributed by atoms with E-state index in [1.54, 1.807) is 12.1 Å². The van der Waals surface area contributed by atoms with Gasteiger partial charge in [-0.25, -0.2) is 4.79 Å². The van der Waals surface area contributed by atoms with Crippen molar-refractivity contribution in [2.75, 3.05) is 0 Å². The van der Waals surface area contributed by atoms with Crippen molar-refractivity contribution in [2.45, 2.75) is 19.4 Å². The summed E-state index contributed by atoms with van der Waals surface area (Å²) in [7, 11) is 0. The largest absolute Gasteiger partial charge is 0.478 e. The Morgan fingerprint density at radius 2 is 1.83 bits per heavy atom. The first-order chi connectivity index (χ1) is 11.4. The molecule has 0 aliphatic heterocycles. The number of ether oxygens (including phenoxy) is 1. The molecule has 3 aromatic rings. The second-order valence-electron chi connectivity index (χ2n) is 5.92. The number of hydrogen-bond donors (Lipinski definition) is 1. The number of rotatable bonds is 4. The smallest absolute Gasteiger partial charge is 0.347 e. The van der Waals surface area contributed by atoms with Crippen LogP contribution >= 0.6 is 0 Å². The zero-order valence-electron chi connectivity index (χ0n) is 13.3. The highest BCUT2D eigenvalue weighted by atomic mass is 16.5. The third kappa shape index (κ3) is 2.88. The second-order valence-corrected chi connectivity index (χ2v) is 5.92. The summed E-state index contributed by atoms with van der Waals surface area (Å²) < 4.78 is 11.0. The third-order valence-electron chi connectivity index (χ3n) is 3.72. The predicted molar refractivity (Wildman–Crippen MR) is 90.3 cm³/mol. The minimum Gasteiger partial charge on any atom is -0.478 e. The molecule has 0 saturated heterocycles. The zero-order valence-corrected chi connectivity index (χ0v) is 13.3. The summed E-state index contributed by atoms with van der Waals surface area (Å²) in [6.07, 6.45) is 1.41. The number of hydrogen-bond acceptors (Lipinski definition) is 4. The van der Waals surface area contributed by atoms with Crippen LogP contribution in [0.4, 0.5) is 0 Å². The van der Waals surface area contributed by atoms with E-state index in [9.17, 15) is 9.59 Å². The SMILES string of the molecule is CC(C)(Oc1ccc2c(=O)c(-c3ccccc3)coc2c1)C(=O)O. The Morgan fingerprint density at radius 1 is 1.12 bits per heavy atom. The fourth-order valence-corrected chi connectivity index (χ4v) is 2.33. The predicted octanol–water partition coefficient (Wildman–Crippen LogP) is 3.70. The summed E-state index contributed by atoms with van der Waals surface area (Å²) >= 11 is 0. The first kappa shape index (κ1) is 15.8. The van der Waals surface area contributed by atoms with E-state index in [0.717, 1.165) is 5.56 Å². The average molecular weight is 324 g/mol. The average Bonchev–Trinajstić information content (AvgIpc) is 2.55. The summed E-state index contributed by atoms with van der Waals surface area (Å²) in [4.78, 5) is 23.8. The molecule has 3 rings (SSSR count). The normalized spacial score (nSPS) is 11.4. The van der Waals surface area contributed by atoms with Gasteiger partial charge in [-0.05, 0) is 31.5 Å². The van der Waals surface area contributed by atoms with Crippen LogP contribution in [-0.4, -0.2) is 16.7 Å². The van der Waals surface area contributed by atoms with Crippen LogP contribution in [0.5, 0.6) is 5.75 Å². The Hall–Kier alpha value is -3.08. The van der Waals surface area contributed by atoms with Crippen LogP contribution in [0.25, 0.3) is 22.1 Å². The van der Waals surface area contributed by atoms with Crippen molar-refractivity contribution in [1.29, 1.82) is 0 Å². The van der Waals surface area contributed by atoms with Gasteiger partial charge in [0.25, 0.3) is 0 Å². The quantitative estimate of drug-likeness (QED) is 0.792. The summed E-state index contributed by atoms with van der Waals surface area (Å²) in [5.74, 6) is -0.756. The molecule has 0 aliphatic rings. The van der Waals surface area contributed by atoms with E-state index < -0.39 is 11.6 Å². The molecular formula is C19H16O5. The van der Waals surface area contributed by atoms with Crippen molar-refractivity contribution in [1.82, 2.24) is 0 Å². The number of fused-ring (bicyclic) bond motifs is 1. The summed E-state index contributed by atoms with van der Waals surface area (Å²) in [6.45, 7) is 2.91. The molecule has 0 saturated carbocycles. The van der Waals surface area contributed by atoms with E-state index in [4.69, 9.17) is 14.3 Å². The third-order valence-corrected chi connectivity index (χ3v) is 3.72. The van der Waals surface area contributed by atoms with Gasteiger partial charge in [-0.15, -0.1) is 0 Å². The molecule has 1 aromatic heterocycles. The van der Waals surface area contributed by atoms with Crippen molar-refractivity contribution in [2.24, 2.45) is 0 Å². The van der Waals surface area contributed by atoms with E-state index in [1.165, 1.54) is 26.2 Å². The Balaban J connectivity index is 2.05.